The molecule has 3 aromatic carbocycles. The fourth-order valence-corrected chi connectivity index (χ4v) is 4.78. The molecule has 0 heterocycles. The molecule has 0 aromatic heterocycles. The number of carbonyl (C=O) groups is 1. The molecule has 35 heavy (non-hydrogen) atoms. The predicted molar refractivity (Wildman–Crippen MR) is 136 cm³/mol. The number of halogens is 2. The average molecular weight is 540 g/mol. The number of benzene rings is 3. The van der Waals surface area contributed by atoms with Crippen LogP contribution in [0.15, 0.2) is 82.6 Å². The molecule has 0 saturated carbocycles. The Morgan fingerprint density at radius 1 is 1.00 bits per heavy atom. The highest BCUT2D eigenvalue weighted by Crippen LogP contribution is 2.24. The third-order valence-corrected chi connectivity index (χ3v) is 7.14. The van der Waals surface area contributed by atoms with Crippen LogP contribution in [0.2, 0.25) is 5.02 Å². The molecule has 188 valence electrons. The van der Waals surface area contributed by atoms with Crippen LogP contribution in [0.1, 0.15) is 23.7 Å². The van der Waals surface area contributed by atoms with Gasteiger partial charge in [0.15, 0.2) is 6.61 Å². The Balaban J connectivity index is 0.00000432. The molecule has 10 heteroatoms. The summed E-state index contributed by atoms with van der Waals surface area (Å²) in [6, 6.07) is 19.5. The van der Waals surface area contributed by atoms with Crippen molar-refractivity contribution in [1.82, 2.24) is 5.32 Å². The first-order chi connectivity index (χ1) is 16.3. The maximum atomic E-state index is 12.8. The lowest BCUT2D eigenvalue weighted by atomic mass is 10.1. The number of carboxylic acids is 1. The molecule has 0 aliphatic rings. The maximum Gasteiger partial charge on any atom is 0.341 e. The van der Waals surface area contributed by atoms with E-state index in [-0.39, 0.29) is 27.9 Å². The molecular weight excluding hydrogens is 513 g/mol. The van der Waals surface area contributed by atoms with Gasteiger partial charge in [0.25, 0.3) is 0 Å². The van der Waals surface area contributed by atoms with Crippen LogP contribution in [0, 0.1) is 0 Å². The molecule has 0 radical (unpaired) electrons. The van der Waals surface area contributed by atoms with Crippen LogP contribution >= 0.6 is 24.0 Å². The zero-order chi connectivity index (χ0) is 24.6. The first-order valence-corrected chi connectivity index (χ1v) is 12.5. The third kappa shape index (κ3) is 8.52. The summed E-state index contributed by atoms with van der Waals surface area (Å²) in [5, 5.41) is 22.7. The Labute approximate surface area is 216 Å². The van der Waals surface area contributed by atoms with E-state index in [2.05, 4.69) is 5.32 Å². The monoisotopic (exact) mass is 539 g/mol. The van der Waals surface area contributed by atoms with Crippen molar-refractivity contribution in [3.05, 3.63) is 88.9 Å². The van der Waals surface area contributed by atoms with Crippen molar-refractivity contribution in [1.29, 1.82) is 0 Å². The second-order valence-corrected chi connectivity index (χ2v) is 10.1. The van der Waals surface area contributed by atoms with Crippen LogP contribution in [0.25, 0.3) is 0 Å². The lowest BCUT2D eigenvalue weighted by molar-refractivity contribution is -0.139. The summed E-state index contributed by atoms with van der Waals surface area (Å²) in [7, 11) is -3.69. The van der Waals surface area contributed by atoms with E-state index in [4.69, 9.17) is 21.4 Å². The Morgan fingerprint density at radius 2 is 1.63 bits per heavy atom. The normalized spacial score (nSPS) is 11.9. The van der Waals surface area contributed by atoms with E-state index >= 15 is 0 Å². The van der Waals surface area contributed by atoms with Crippen molar-refractivity contribution >= 4 is 39.8 Å². The van der Waals surface area contributed by atoms with E-state index in [9.17, 15) is 18.3 Å². The Kier molecular flexibility index (Phi) is 11.0. The third-order valence-electron chi connectivity index (χ3n) is 5.12. The predicted octanol–water partition coefficient (Wildman–Crippen LogP) is 4.31. The van der Waals surface area contributed by atoms with Crippen molar-refractivity contribution < 1.29 is 28.2 Å². The number of aliphatic hydroxyl groups is 1. The summed E-state index contributed by atoms with van der Waals surface area (Å²) in [5.74, 6) is -0.826. The van der Waals surface area contributed by atoms with E-state index < -0.39 is 28.5 Å². The molecule has 0 spiro atoms. The standard InChI is InChI=1S/C25H26ClNO6S.ClH/c26-20-5-1-4-19(15-20)24(28)16-27-14-2-3-18-6-10-22(11-7-18)34(31,32)23-12-8-21(9-13-23)33-17-25(29)30;/h1,4-13,15,24,27-28H,2-3,14,16-17H2,(H,29,30);1H/t24-;/m0./s1. The molecule has 3 rings (SSSR count). The molecule has 3 N–H and O–H groups in total. The molecule has 0 bridgehead atoms. The Morgan fingerprint density at radius 3 is 2.23 bits per heavy atom. The van der Waals surface area contributed by atoms with Gasteiger partial charge in [-0.1, -0.05) is 35.9 Å². The molecule has 0 aliphatic heterocycles. The molecule has 7 nitrogen and oxygen atoms in total. The van der Waals surface area contributed by atoms with Gasteiger partial charge < -0.3 is 20.3 Å². The number of aliphatic hydroxyl groups excluding tert-OH is 1. The van der Waals surface area contributed by atoms with Crippen LogP contribution in [0.3, 0.4) is 0 Å². The summed E-state index contributed by atoms with van der Waals surface area (Å²) in [6.45, 7) is 0.622. The van der Waals surface area contributed by atoms with E-state index in [0.717, 1.165) is 24.0 Å². The average Bonchev–Trinajstić information content (AvgIpc) is 2.83. The van der Waals surface area contributed by atoms with Crippen molar-refractivity contribution in [2.45, 2.75) is 28.7 Å². The van der Waals surface area contributed by atoms with Gasteiger partial charge in [0, 0.05) is 11.6 Å². The number of hydrogen-bond acceptors (Lipinski definition) is 6. The molecule has 0 fully saturated rings. The number of aliphatic carboxylic acids is 1. The number of aryl methyl sites for hydroxylation is 1. The topological polar surface area (TPSA) is 113 Å². The minimum atomic E-state index is -3.69. The molecule has 0 saturated heterocycles. The number of nitrogens with one attached hydrogen (secondary N) is 1. The van der Waals surface area contributed by atoms with E-state index in [1.165, 1.54) is 24.3 Å². The summed E-state index contributed by atoms with van der Waals surface area (Å²) in [4.78, 5) is 10.8. The van der Waals surface area contributed by atoms with Crippen molar-refractivity contribution in [3.63, 3.8) is 0 Å². The second kappa shape index (κ2) is 13.5. The highest BCUT2D eigenvalue weighted by atomic mass is 35.5. The fourth-order valence-electron chi connectivity index (χ4n) is 3.32. The molecule has 0 amide bonds. The number of ether oxygens (including phenoxy) is 1. The van der Waals surface area contributed by atoms with Gasteiger partial charge in [-0.05, 0) is 79.0 Å². The lowest BCUT2D eigenvalue weighted by Crippen LogP contribution is -2.22. The summed E-state index contributed by atoms with van der Waals surface area (Å²) in [6.07, 6.45) is 0.948. The van der Waals surface area contributed by atoms with Crippen LogP contribution in [0.4, 0.5) is 0 Å². The fraction of sp³-hybridized carbons (Fsp3) is 0.240. The van der Waals surface area contributed by atoms with E-state index in [0.29, 0.717) is 18.1 Å². The quantitative estimate of drug-likeness (QED) is 0.294. The first-order valence-electron chi connectivity index (χ1n) is 10.7. The first kappa shape index (κ1) is 28.6. The van der Waals surface area contributed by atoms with Crippen LogP contribution in [0.5, 0.6) is 5.75 Å². The Hall–Kier alpha value is -2.62. The largest absolute Gasteiger partial charge is 0.482 e. The van der Waals surface area contributed by atoms with E-state index in [1.807, 2.05) is 6.07 Å². The van der Waals surface area contributed by atoms with Crippen molar-refractivity contribution in [2.75, 3.05) is 19.7 Å². The highest BCUT2D eigenvalue weighted by molar-refractivity contribution is 7.91. The molecule has 3 aromatic rings. The molecule has 1 atom stereocenters. The lowest BCUT2D eigenvalue weighted by Gasteiger charge is -2.12. The van der Waals surface area contributed by atoms with Gasteiger partial charge in [0.05, 0.1) is 15.9 Å². The van der Waals surface area contributed by atoms with Crippen LogP contribution in [-0.4, -0.2) is 44.3 Å². The summed E-state index contributed by atoms with van der Waals surface area (Å²) < 4.78 is 30.7. The Bertz CT molecular complexity index is 1200. The van der Waals surface area contributed by atoms with Crippen LogP contribution in [-0.2, 0) is 21.1 Å². The summed E-state index contributed by atoms with van der Waals surface area (Å²) in [5.41, 5.74) is 1.77. The van der Waals surface area contributed by atoms with E-state index in [1.54, 1.807) is 42.5 Å². The van der Waals surface area contributed by atoms with Crippen molar-refractivity contribution in [3.8, 4) is 5.75 Å². The van der Waals surface area contributed by atoms with Gasteiger partial charge >= 0.3 is 5.97 Å². The second-order valence-electron chi connectivity index (χ2n) is 7.68. The molecule has 0 aliphatic carbocycles. The number of rotatable bonds is 12. The molecule has 0 unspecified atom stereocenters. The SMILES string of the molecule is Cl.O=C(O)COc1ccc(S(=O)(=O)c2ccc(CCCNC[C@H](O)c3cccc(Cl)c3)cc2)cc1. The van der Waals surface area contributed by atoms with Gasteiger partial charge in [0.1, 0.15) is 5.75 Å². The van der Waals surface area contributed by atoms with Crippen molar-refractivity contribution in [2.24, 2.45) is 0 Å². The van der Waals surface area contributed by atoms with Gasteiger partial charge in [-0.25, -0.2) is 13.2 Å². The van der Waals surface area contributed by atoms with Gasteiger partial charge in [-0.3, -0.25) is 0 Å². The zero-order valence-electron chi connectivity index (χ0n) is 18.8. The van der Waals surface area contributed by atoms with Gasteiger partial charge in [-0.15, -0.1) is 12.4 Å². The zero-order valence-corrected chi connectivity index (χ0v) is 21.2. The maximum absolute atomic E-state index is 12.8. The van der Waals surface area contributed by atoms with Gasteiger partial charge in [-0.2, -0.15) is 0 Å². The molecular formula is C25H27Cl2NO6S. The number of sulfone groups is 1. The van der Waals surface area contributed by atoms with Gasteiger partial charge in [0.2, 0.25) is 9.84 Å². The minimum Gasteiger partial charge on any atom is -0.482 e. The minimum absolute atomic E-state index is 0. The number of hydrogen-bond donors (Lipinski definition) is 3. The number of carboxylic acid groups (broad SMARTS) is 1. The van der Waals surface area contributed by atoms with Crippen LogP contribution < -0.4 is 10.1 Å². The highest BCUT2D eigenvalue weighted by Gasteiger charge is 2.17. The summed E-state index contributed by atoms with van der Waals surface area (Å²) >= 11 is 5.95. The smallest absolute Gasteiger partial charge is 0.341 e.